The predicted molar refractivity (Wildman–Crippen MR) is 94.6 cm³/mol. The molecule has 0 fully saturated rings. The summed E-state index contributed by atoms with van der Waals surface area (Å²) >= 11 is 1.81. The van der Waals surface area contributed by atoms with Crippen molar-refractivity contribution >= 4 is 23.1 Å². The lowest BCUT2D eigenvalue weighted by molar-refractivity contribution is 0.610. The number of para-hydroxylation sites is 2. The van der Waals surface area contributed by atoms with E-state index >= 15 is 0 Å². The van der Waals surface area contributed by atoms with Gasteiger partial charge in [-0.15, -0.1) is 0 Å². The van der Waals surface area contributed by atoms with Gasteiger partial charge in [0.15, 0.2) is 0 Å². The van der Waals surface area contributed by atoms with E-state index in [9.17, 15) is 5.26 Å². The third-order valence-electron chi connectivity index (χ3n) is 4.31. The fraction of sp³-hybridized carbons (Fsp3) is 0.150. The van der Waals surface area contributed by atoms with E-state index in [4.69, 9.17) is 0 Å². The van der Waals surface area contributed by atoms with E-state index in [-0.39, 0.29) is 11.8 Å². The van der Waals surface area contributed by atoms with Crippen LogP contribution in [-0.2, 0) is 0 Å². The van der Waals surface area contributed by atoms with Crippen LogP contribution in [0.15, 0.2) is 82.2 Å². The van der Waals surface area contributed by atoms with Gasteiger partial charge in [-0.3, -0.25) is 0 Å². The van der Waals surface area contributed by atoms with Gasteiger partial charge in [-0.2, -0.15) is 5.26 Å². The molecule has 112 valence electrons. The minimum atomic E-state index is -0.0385. The molecule has 23 heavy (non-hydrogen) atoms. The second-order valence-corrected chi connectivity index (χ2v) is 6.92. The summed E-state index contributed by atoms with van der Waals surface area (Å²) in [7, 11) is 0. The number of nitriles is 1. The molecule has 3 heteroatoms. The molecule has 0 aromatic heterocycles. The van der Waals surface area contributed by atoms with Crippen molar-refractivity contribution in [2.45, 2.75) is 16.7 Å². The van der Waals surface area contributed by atoms with Crippen LogP contribution in [0.1, 0.15) is 6.92 Å². The summed E-state index contributed by atoms with van der Waals surface area (Å²) < 4.78 is 0. The molecule has 0 amide bonds. The highest BCUT2D eigenvalue weighted by molar-refractivity contribution is 7.99. The van der Waals surface area contributed by atoms with Crippen LogP contribution in [-0.4, -0.2) is 0 Å². The second kappa shape index (κ2) is 5.64. The van der Waals surface area contributed by atoms with E-state index in [0.717, 1.165) is 5.70 Å². The first-order chi connectivity index (χ1) is 11.3. The van der Waals surface area contributed by atoms with Crippen molar-refractivity contribution in [2.75, 3.05) is 4.90 Å². The molecule has 2 nitrogen and oxygen atoms in total. The first-order valence-corrected chi connectivity index (χ1v) is 8.55. The number of hydrogen-bond donors (Lipinski definition) is 0. The summed E-state index contributed by atoms with van der Waals surface area (Å²) in [6.45, 7) is 2.11. The Morgan fingerprint density at radius 3 is 2.17 bits per heavy atom. The predicted octanol–water partition coefficient (Wildman–Crippen LogP) is 5.52. The molecular weight excluding hydrogens is 300 g/mol. The normalized spacial score (nSPS) is 21.9. The van der Waals surface area contributed by atoms with Gasteiger partial charge in [0.2, 0.25) is 0 Å². The molecule has 0 bridgehead atoms. The molecule has 2 aromatic rings. The molecule has 2 atom stereocenters. The van der Waals surface area contributed by atoms with Gasteiger partial charge < -0.3 is 4.90 Å². The Kier molecular flexibility index (Phi) is 3.48. The third kappa shape index (κ3) is 2.36. The maximum absolute atomic E-state index is 9.23. The molecule has 0 saturated carbocycles. The number of benzene rings is 2. The lowest BCUT2D eigenvalue weighted by Gasteiger charge is -2.35. The van der Waals surface area contributed by atoms with Gasteiger partial charge in [-0.25, -0.2) is 0 Å². The first kappa shape index (κ1) is 14.2. The summed E-state index contributed by atoms with van der Waals surface area (Å²) in [5.41, 5.74) is 3.55. The van der Waals surface area contributed by atoms with Crippen LogP contribution < -0.4 is 4.90 Å². The zero-order valence-corrected chi connectivity index (χ0v) is 13.6. The molecule has 2 aliphatic rings. The van der Waals surface area contributed by atoms with Crippen molar-refractivity contribution in [1.29, 1.82) is 5.26 Å². The molecule has 0 N–H and O–H groups in total. The minimum Gasteiger partial charge on any atom is -0.309 e. The van der Waals surface area contributed by atoms with Crippen molar-refractivity contribution in [3.05, 3.63) is 72.5 Å². The number of anilines is 2. The minimum absolute atomic E-state index is 0.0385. The van der Waals surface area contributed by atoms with E-state index in [0.29, 0.717) is 0 Å². The first-order valence-electron chi connectivity index (χ1n) is 7.73. The highest BCUT2D eigenvalue weighted by Gasteiger charge is 2.27. The maximum atomic E-state index is 9.23. The topological polar surface area (TPSA) is 27.0 Å². The van der Waals surface area contributed by atoms with Crippen LogP contribution in [0.2, 0.25) is 0 Å². The monoisotopic (exact) mass is 316 g/mol. The van der Waals surface area contributed by atoms with Gasteiger partial charge in [0.25, 0.3) is 0 Å². The Morgan fingerprint density at radius 2 is 1.61 bits per heavy atom. The van der Waals surface area contributed by atoms with E-state index in [2.05, 4.69) is 78.6 Å². The largest absolute Gasteiger partial charge is 0.309 e. The maximum Gasteiger partial charge on any atom is 0.0708 e. The van der Waals surface area contributed by atoms with E-state index < -0.39 is 0 Å². The lowest BCUT2D eigenvalue weighted by atomic mass is 9.89. The van der Waals surface area contributed by atoms with Crippen molar-refractivity contribution in [3.8, 4) is 6.07 Å². The Balaban J connectivity index is 1.86. The van der Waals surface area contributed by atoms with Crippen LogP contribution in [0.25, 0.3) is 0 Å². The summed E-state index contributed by atoms with van der Waals surface area (Å²) in [6, 6.07) is 19.3. The summed E-state index contributed by atoms with van der Waals surface area (Å²) in [4.78, 5) is 4.83. The summed E-state index contributed by atoms with van der Waals surface area (Å²) in [6.07, 6.45) is 6.31. The SMILES string of the molecule is CC1C=C(N2c3ccccc3Sc3ccccc32)C=CC1C#N. The van der Waals surface area contributed by atoms with E-state index in [1.807, 2.05) is 17.8 Å². The fourth-order valence-corrected chi connectivity index (χ4v) is 4.16. The molecule has 2 aromatic carbocycles. The van der Waals surface area contributed by atoms with Gasteiger partial charge in [0.1, 0.15) is 0 Å². The number of nitrogens with zero attached hydrogens (tertiary/aromatic N) is 2. The fourth-order valence-electron chi connectivity index (χ4n) is 3.10. The average molecular weight is 316 g/mol. The van der Waals surface area contributed by atoms with Crippen LogP contribution in [0.3, 0.4) is 0 Å². The molecule has 0 spiro atoms. The highest BCUT2D eigenvalue weighted by atomic mass is 32.2. The van der Waals surface area contributed by atoms with Gasteiger partial charge in [-0.1, -0.05) is 55.1 Å². The number of allylic oxidation sites excluding steroid dienone is 3. The standard InChI is InChI=1S/C20H16N2S/c1-14-12-16(11-10-15(14)13-21)22-17-6-2-4-8-19(17)23-20-9-5-3-7-18(20)22/h2-12,14-15H,1H3. The zero-order valence-electron chi connectivity index (χ0n) is 12.8. The van der Waals surface area contributed by atoms with E-state index in [1.165, 1.54) is 21.2 Å². The average Bonchev–Trinajstić information content (AvgIpc) is 2.59. The van der Waals surface area contributed by atoms with Crippen LogP contribution >= 0.6 is 11.8 Å². The Bertz CT molecular complexity index is 814. The molecule has 2 unspecified atom stereocenters. The summed E-state index contributed by atoms with van der Waals surface area (Å²) in [5, 5.41) is 9.23. The lowest BCUT2D eigenvalue weighted by Crippen LogP contribution is -2.22. The Morgan fingerprint density at radius 1 is 1.00 bits per heavy atom. The molecule has 0 saturated heterocycles. The summed E-state index contributed by atoms with van der Waals surface area (Å²) in [5.74, 6) is 0.178. The Hall–Kier alpha value is -2.44. The van der Waals surface area contributed by atoms with Gasteiger partial charge >= 0.3 is 0 Å². The van der Waals surface area contributed by atoms with Gasteiger partial charge in [0, 0.05) is 15.5 Å². The molecule has 1 aliphatic carbocycles. The molecular formula is C20H16N2S. The quantitative estimate of drug-likeness (QED) is 0.693. The van der Waals surface area contributed by atoms with Crippen molar-refractivity contribution in [2.24, 2.45) is 11.8 Å². The second-order valence-electron chi connectivity index (χ2n) is 5.84. The molecule has 1 aliphatic heterocycles. The van der Waals surface area contributed by atoms with Crippen molar-refractivity contribution in [1.82, 2.24) is 0 Å². The number of fused-ring (bicyclic) bond motifs is 2. The highest BCUT2D eigenvalue weighted by Crippen LogP contribution is 2.50. The molecule has 4 rings (SSSR count). The zero-order chi connectivity index (χ0) is 15.8. The van der Waals surface area contributed by atoms with E-state index in [1.54, 1.807) is 0 Å². The molecule has 1 heterocycles. The number of hydrogen-bond acceptors (Lipinski definition) is 3. The van der Waals surface area contributed by atoms with Gasteiger partial charge in [0.05, 0.1) is 23.4 Å². The van der Waals surface area contributed by atoms with Crippen LogP contribution in [0.4, 0.5) is 11.4 Å². The third-order valence-corrected chi connectivity index (χ3v) is 5.44. The number of rotatable bonds is 1. The Labute approximate surface area is 140 Å². The van der Waals surface area contributed by atoms with Crippen LogP contribution in [0, 0.1) is 23.2 Å². The van der Waals surface area contributed by atoms with Gasteiger partial charge in [-0.05, 0) is 36.3 Å². The van der Waals surface area contributed by atoms with Crippen molar-refractivity contribution < 1.29 is 0 Å². The molecule has 0 radical (unpaired) electrons. The van der Waals surface area contributed by atoms with Crippen LogP contribution in [0.5, 0.6) is 0 Å². The smallest absolute Gasteiger partial charge is 0.0708 e. The van der Waals surface area contributed by atoms with Crippen molar-refractivity contribution in [3.63, 3.8) is 0 Å².